The molecule has 2 rings (SSSR count). The largest absolute Gasteiger partial charge is 0.385 e. The molecule has 0 saturated heterocycles. The van der Waals surface area contributed by atoms with Crippen LogP contribution in [-0.2, 0) is 20.4 Å². The molecular weight excluding hydrogens is 583 g/mol. The van der Waals surface area contributed by atoms with E-state index in [-0.39, 0.29) is 20.4 Å². The molecule has 0 aliphatic heterocycles. The quantitative estimate of drug-likeness (QED) is 0.0722. The first-order chi connectivity index (χ1) is 19.2. The molecule has 0 saturated carbocycles. The summed E-state index contributed by atoms with van der Waals surface area (Å²) in [7, 11) is 0. The fraction of sp³-hybridized carbons (Fsp3) is 0.600. The van der Waals surface area contributed by atoms with E-state index in [0.717, 1.165) is 43.0 Å². The number of nitrogens with zero attached hydrogens (tertiary/aromatic N) is 2. The Bertz CT molecular complexity index is 906. The topological polar surface area (TPSA) is 48.8 Å². The smallest absolute Gasteiger partial charge is 0.0635 e. The summed E-state index contributed by atoms with van der Waals surface area (Å²) in [6.07, 6.45) is 22.4. The summed E-state index contributed by atoms with van der Waals surface area (Å²) < 4.78 is 0. The van der Waals surface area contributed by atoms with Crippen molar-refractivity contribution in [3.8, 4) is 0 Å². The number of rotatable bonds is 23. The van der Waals surface area contributed by atoms with Crippen LogP contribution in [-0.4, -0.2) is 25.0 Å². The van der Waals surface area contributed by atoms with Crippen molar-refractivity contribution in [1.29, 1.82) is 0 Å². The van der Waals surface area contributed by atoms with Gasteiger partial charge >= 0.3 is 0 Å². The molecule has 0 fully saturated rings. The standard InChI is InChI=1S/C35H56N4.Pd/c1-4-7-10-12-14-17-28-36-31-20-22-33(23-21-31)38-30-35(19-16-9-6-3)39-34-26-24-32(25-27-34)37-29-18-15-13-11-8-5-2;/h20-27,30,36-37H,4-19,28-29H2,1-3H3;. The van der Waals surface area contributed by atoms with Gasteiger partial charge in [-0.15, -0.1) is 0 Å². The molecule has 0 unspecified atom stereocenters. The van der Waals surface area contributed by atoms with Gasteiger partial charge in [0.25, 0.3) is 0 Å². The zero-order valence-corrected chi connectivity index (χ0v) is 27.2. The van der Waals surface area contributed by atoms with E-state index in [0.29, 0.717) is 0 Å². The van der Waals surface area contributed by atoms with Crippen LogP contribution in [0.1, 0.15) is 124 Å². The zero-order chi connectivity index (χ0) is 27.8. The summed E-state index contributed by atoms with van der Waals surface area (Å²) in [6.45, 7) is 8.85. The molecule has 0 aliphatic carbocycles. The summed E-state index contributed by atoms with van der Waals surface area (Å²) in [5.41, 5.74) is 5.35. The molecule has 0 atom stereocenters. The van der Waals surface area contributed by atoms with Gasteiger partial charge in [0.1, 0.15) is 0 Å². The first kappa shape index (κ1) is 36.1. The Balaban J connectivity index is 0.00000800. The second kappa shape index (κ2) is 24.8. The number of aliphatic imine (C=N–C) groups is 2. The third-order valence-corrected chi connectivity index (χ3v) is 7.13. The van der Waals surface area contributed by atoms with E-state index in [9.17, 15) is 0 Å². The first-order valence-corrected chi connectivity index (χ1v) is 16.0. The molecule has 4 nitrogen and oxygen atoms in total. The number of hydrogen-bond acceptors (Lipinski definition) is 4. The minimum Gasteiger partial charge on any atom is -0.385 e. The van der Waals surface area contributed by atoms with Gasteiger partial charge in [0.2, 0.25) is 0 Å². The molecule has 0 amide bonds. The summed E-state index contributed by atoms with van der Waals surface area (Å²) in [5, 5.41) is 7.10. The van der Waals surface area contributed by atoms with Gasteiger partial charge in [-0.1, -0.05) is 97.8 Å². The molecule has 0 aliphatic rings. The van der Waals surface area contributed by atoms with Crippen molar-refractivity contribution < 1.29 is 20.4 Å². The van der Waals surface area contributed by atoms with Crippen LogP contribution in [0.4, 0.5) is 22.7 Å². The van der Waals surface area contributed by atoms with E-state index in [1.165, 1.54) is 101 Å². The van der Waals surface area contributed by atoms with Crippen molar-refractivity contribution in [1.82, 2.24) is 0 Å². The monoisotopic (exact) mass is 638 g/mol. The molecule has 2 aromatic carbocycles. The Kier molecular flexibility index (Phi) is 22.4. The number of nitrogens with one attached hydrogen (secondary N) is 2. The molecule has 2 N–H and O–H groups in total. The molecule has 2 aromatic rings. The number of unbranched alkanes of at least 4 members (excludes halogenated alkanes) is 12. The average molecular weight is 639 g/mol. The minimum atomic E-state index is 0. The van der Waals surface area contributed by atoms with Crippen LogP contribution in [0.15, 0.2) is 58.5 Å². The molecule has 0 spiro atoms. The van der Waals surface area contributed by atoms with Crippen molar-refractivity contribution in [2.45, 2.75) is 124 Å². The predicted octanol–water partition coefficient (Wildman–Crippen LogP) is 11.3. The van der Waals surface area contributed by atoms with Crippen LogP contribution in [0.3, 0.4) is 0 Å². The Morgan fingerprint density at radius 3 is 1.48 bits per heavy atom. The van der Waals surface area contributed by atoms with Crippen molar-refractivity contribution in [2.24, 2.45) is 9.98 Å². The van der Waals surface area contributed by atoms with E-state index in [2.05, 4.69) is 79.9 Å². The Hall–Kier alpha value is -1.96. The second-order valence-corrected chi connectivity index (χ2v) is 10.8. The van der Waals surface area contributed by atoms with Gasteiger partial charge < -0.3 is 10.6 Å². The molecule has 0 heterocycles. The molecule has 0 bridgehead atoms. The average Bonchev–Trinajstić information content (AvgIpc) is 2.96. The van der Waals surface area contributed by atoms with E-state index < -0.39 is 0 Å². The van der Waals surface area contributed by atoms with E-state index in [4.69, 9.17) is 9.98 Å². The van der Waals surface area contributed by atoms with E-state index in [1.807, 2.05) is 6.21 Å². The van der Waals surface area contributed by atoms with Crippen LogP contribution in [0.5, 0.6) is 0 Å². The van der Waals surface area contributed by atoms with Crippen LogP contribution in [0.2, 0.25) is 0 Å². The number of anilines is 2. The third kappa shape index (κ3) is 17.7. The van der Waals surface area contributed by atoms with E-state index in [1.54, 1.807) is 0 Å². The minimum absolute atomic E-state index is 0. The summed E-state index contributed by atoms with van der Waals surface area (Å²) in [5.74, 6) is 0. The number of benzene rings is 2. The Morgan fingerprint density at radius 2 is 0.975 bits per heavy atom. The Morgan fingerprint density at radius 1 is 0.550 bits per heavy atom. The molecule has 5 heteroatoms. The van der Waals surface area contributed by atoms with Crippen molar-refractivity contribution in [2.75, 3.05) is 23.7 Å². The fourth-order valence-corrected chi connectivity index (χ4v) is 4.62. The zero-order valence-electron chi connectivity index (χ0n) is 25.6. The fourth-order valence-electron chi connectivity index (χ4n) is 4.62. The molecule has 226 valence electrons. The van der Waals surface area contributed by atoms with Gasteiger partial charge in [0, 0.05) is 51.1 Å². The molecule has 0 aromatic heterocycles. The van der Waals surface area contributed by atoms with Crippen LogP contribution in [0.25, 0.3) is 0 Å². The van der Waals surface area contributed by atoms with Crippen LogP contribution in [0, 0.1) is 0 Å². The maximum Gasteiger partial charge on any atom is 0.0635 e. The molecule has 0 radical (unpaired) electrons. The van der Waals surface area contributed by atoms with Gasteiger partial charge in [0.05, 0.1) is 17.1 Å². The van der Waals surface area contributed by atoms with Crippen LogP contribution >= 0.6 is 0 Å². The van der Waals surface area contributed by atoms with Gasteiger partial charge in [0.15, 0.2) is 0 Å². The maximum absolute atomic E-state index is 4.95. The SMILES string of the molecule is CCCCCCCCNc1ccc(N=CC(CCCCC)=Nc2ccc(NCCCCCCCC)cc2)cc1.[Pd]. The van der Waals surface area contributed by atoms with Gasteiger partial charge in [-0.25, -0.2) is 0 Å². The van der Waals surface area contributed by atoms with Gasteiger partial charge in [-0.3, -0.25) is 9.98 Å². The van der Waals surface area contributed by atoms with Crippen molar-refractivity contribution in [3.63, 3.8) is 0 Å². The molecular formula is C35H56N4Pd. The second-order valence-electron chi connectivity index (χ2n) is 10.8. The molecule has 40 heavy (non-hydrogen) atoms. The van der Waals surface area contributed by atoms with E-state index >= 15 is 0 Å². The normalized spacial score (nSPS) is 11.5. The first-order valence-electron chi connectivity index (χ1n) is 16.0. The maximum atomic E-state index is 4.95. The van der Waals surface area contributed by atoms with Crippen LogP contribution < -0.4 is 10.6 Å². The number of hydrogen-bond donors (Lipinski definition) is 2. The predicted molar refractivity (Wildman–Crippen MR) is 176 cm³/mol. The summed E-state index contributed by atoms with van der Waals surface area (Å²) >= 11 is 0. The summed E-state index contributed by atoms with van der Waals surface area (Å²) in [4.78, 5) is 9.71. The Labute approximate surface area is 260 Å². The summed E-state index contributed by atoms with van der Waals surface area (Å²) in [6, 6.07) is 17.0. The van der Waals surface area contributed by atoms with Crippen molar-refractivity contribution in [3.05, 3.63) is 48.5 Å². The van der Waals surface area contributed by atoms with Crippen molar-refractivity contribution >= 4 is 34.7 Å². The van der Waals surface area contributed by atoms with Gasteiger partial charge in [-0.05, 0) is 74.2 Å². The third-order valence-electron chi connectivity index (χ3n) is 7.13. The van der Waals surface area contributed by atoms with Gasteiger partial charge in [-0.2, -0.15) is 0 Å².